The molecular formula is C20H20N4O3S. The van der Waals surface area contributed by atoms with Gasteiger partial charge in [0.2, 0.25) is 16.7 Å². The van der Waals surface area contributed by atoms with Crippen molar-refractivity contribution in [2.75, 3.05) is 26.3 Å². The van der Waals surface area contributed by atoms with Crippen molar-refractivity contribution in [1.82, 2.24) is 19.5 Å². The van der Waals surface area contributed by atoms with Crippen LogP contribution in [0.2, 0.25) is 0 Å². The Morgan fingerprint density at radius 1 is 1.18 bits per heavy atom. The van der Waals surface area contributed by atoms with Gasteiger partial charge in [-0.15, -0.1) is 5.10 Å². The summed E-state index contributed by atoms with van der Waals surface area (Å²) in [7, 11) is 0. The molecule has 0 amide bonds. The van der Waals surface area contributed by atoms with Gasteiger partial charge in [-0.05, 0) is 24.6 Å². The number of hydrogen-bond acceptors (Lipinski definition) is 7. The van der Waals surface area contributed by atoms with E-state index in [2.05, 4.69) is 46.2 Å². The molecule has 8 heteroatoms. The highest BCUT2D eigenvalue weighted by Gasteiger charge is 2.31. The van der Waals surface area contributed by atoms with Gasteiger partial charge in [-0.3, -0.25) is 4.90 Å². The molecule has 0 aliphatic carbocycles. The first-order valence-electron chi connectivity index (χ1n) is 9.21. The van der Waals surface area contributed by atoms with E-state index in [1.54, 1.807) is 18.4 Å². The monoisotopic (exact) mass is 396 g/mol. The summed E-state index contributed by atoms with van der Waals surface area (Å²) in [6, 6.07) is 12.0. The molecule has 0 spiro atoms. The van der Waals surface area contributed by atoms with Crippen LogP contribution < -0.4 is 0 Å². The first-order chi connectivity index (χ1) is 13.7. The van der Waals surface area contributed by atoms with E-state index < -0.39 is 0 Å². The Balaban J connectivity index is 1.60. The van der Waals surface area contributed by atoms with E-state index in [0.717, 1.165) is 23.5 Å². The van der Waals surface area contributed by atoms with Crippen molar-refractivity contribution in [3.05, 3.63) is 58.7 Å². The molecule has 5 rings (SSSR count). The molecule has 1 fully saturated rings. The smallest absolute Gasteiger partial charge is 0.230 e. The summed E-state index contributed by atoms with van der Waals surface area (Å²) < 4.78 is 12.4. The third-order valence-electron chi connectivity index (χ3n) is 4.96. The molecule has 4 aromatic rings. The minimum Gasteiger partial charge on any atom is -0.492 e. The van der Waals surface area contributed by atoms with Crippen LogP contribution in [0.3, 0.4) is 0 Å². The molecular weight excluding hydrogens is 376 g/mol. The molecule has 28 heavy (non-hydrogen) atoms. The molecule has 144 valence electrons. The van der Waals surface area contributed by atoms with Crippen LogP contribution in [-0.2, 0) is 4.74 Å². The van der Waals surface area contributed by atoms with Crippen molar-refractivity contribution < 1.29 is 14.3 Å². The Bertz CT molecular complexity index is 1100. The highest BCUT2D eigenvalue weighted by atomic mass is 32.1. The minimum absolute atomic E-state index is 0.0654. The van der Waals surface area contributed by atoms with Gasteiger partial charge in [0.1, 0.15) is 0 Å². The number of furan rings is 1. The zero-order chi connectivity index (χ0) is 19.1. The normalized spacial score (nSPS) is 16.6. The van der Waals surface area contributed by atoms with E-state index in [-0.39, 0.29) is 11.9 Å². The van der Waals surface area contributed by atoms with Gasteiger partial charge in [0.25, 0.3) is 0 Å². The minimum atomic E-state index is -0.0654. The summed E-state index contributed by atoms with van der Waals surface area (Å²) in [4.78, 5) is 8.38. The zero-order valence-corrected chi connectivity index (χ0v) is 16.2. The fraction of sp³-hybridized carbons (Fsp3) is 0.300. The maximum Gasteiger partial charge on any atom is 0.230 e. The largest absolute Gasteiger partial charge is 0.492 e. The van der Waals surface area contributed by atoms with Crippen LogP contribution in [0.5, 0.6) is 5.88 Å². The number of fused-ring (bicyclic) bond motifs is 1. The van der Waals surface area contributed by atoms with Crippen molar-refractivity contribution >= 4 is 16.3 Å². The second-order valence-electron chi connectivity index (χ2n) is 6.86. The van der Waals surface area contributed by atoms with Crippen LogP contribution in [-0.4, -0.2) is 50.9 Å². The number of aromatic hydroxyl groups is 1. The van der Waals surface area contributed by atoms with Gasteiger partial charge in [-0.2, -0.15) is 9.50 Å². The van der Waals surface area contributed by atoms with Crippen LogP contribution in [0.4, 0.5) is 0 Å². The third kappa shape index (κ3) is 2.99. The van der Waals surface area contributed by atoms with Gasteiger partial charge in [0.15, 0.2) is 5.76 Å². The van der Waals surface area contributed by atoms with Crippen LogP contribution in [0, 0.1) is 6.92 Å². The van der Waals surface area contributed by atoms with Gasteiger partial charge in [-0.1, -0.05) is 41.2 Å². The standard InChI is InChI=1S/C20H20N4O3S/c1-13-4-2-5-14(12-13)16(23-7-10-26-11-8-23)17-19(25)24-20(28-17)21-18(22-24)15-6-3-9-27-15/h2-6,9,12,16,25H,7-8,10-11H2,1H3/t16-/m1/s1. The number of nitrogens with zero attached hydrogens (tertiary/aromatic N) is 4. The van der Waals surface area contributed by atoms with Crippen molar-refractivity contribution in [1.29, 1.82) is 0 Å². The van der Waals surface area contributed by atoms with E-state index >= 15 is 0 Å². The maximum atomic E-state index is 11.0. The second kappa shape index (κ2) is 7.05. The Labute approximate surface area is 165 Å². The molecule has 0 saturated carbocycles. The predicted molar refractivity (Wildman–Crippen MR) is 106 cm³/mol. The summed E-state index contributed by atoms with van der Waals surface area (Å²) in [6.07, 6.45) is 1.59. The van der Waals surface area contributed by atoms with Crippen molar-refractivity contribution in [3.63, 3.8) is 0 Å². The quantitative estimate of drug-likeness (QED) is 0.569. The number of ether oxygens (including phenoxy) is 1. The first kappa shape index (κ1) is 17.4. The van der Waals surface area contributed by atoms with Gasteiger partial charge < -0.3 is 14.3 Å². The molecule has 0 bridgehead atoms. The second-order valence-corrected chi connectivity index (χ2v) is 7.87. The van der Waals surface area contributed by atoms with Gasteiger partial charge in [0, 0.05) is 13.1 Å². The average Bonchev–Trinajstić information content (AvgIpc) is 3.42. The highest BCUT2D eigenvalue weighted by Crippen LogP contribution is 2.40. The maximum absolute atomic E-state index is 11.0. The van der Waals surface area contributed by atoms with E-state index in [9.17, 15) is 5.11 Å². The fourth-order valence-electron chi connectivity index (χ4n) is 3.64. The average molecular weight is 396 g/mol. The molecule has 1 N–H and O–H groups in total. The summed E-state index contributed by atoms with van der Waals surface area (Å²) >= 11 is 1.46. The molecule has 1 aliphatic heterocycles. The Hall–Kier alpha value is -2.68. The molecule has 3 aromatic heterocycles. The van der Waals surface area contributed by atoms with Crippen LogP contribution >= 0.6 is 11.3 Å². The number of benzene rings is 1. The molecule has 7 nitrogen and oxygen atoms in total. The summed E-state index contributed by atoms with van der Waals surface area (Å²) in [5.41, 5.74) is 2.34. The number of hydrogen-bond donors (Lipinski definition) is 1. The van der Waals surface area contributed by atoms with Crippen molar-refractivity contribution in [3.8, 4) is 17.5 Å². The number of aryl methyl sites for hydroxylation is 1. The molecule has 0 unspecified atom stereocenters. The van der Waals surface area contributed by atoms with E-state index in [0.29, 0.717) is 29.8 Å². The first-order valence-corrected chi connectivity index (χ1v) is 10.0. The van der Waals surface area contributed by atoms with E-state index in [1.165, 1.54) is 21.4 Å². The Morgan fingerprint density at radius 3 is 2.75 bits per heavy atom. The lowest BCUT2D eigenvalue weighted by atomic mass is 10.0. The number of rotatable bonds is 4. The van der Waals surface area contributed by atoms with Crippen molar-refractivity contribution in [2.45, 2.75) is 13.0 Å². The van der Waals surface area contributed by atoms with E-state index in [4.69, 9.17) is 9.15 Å². The fourth-order valence-corrected chi connectivity index (χ4v) is 4.76. The van der Waals surface area contributed by atoms with Gasteiger partial charge in [-0.25, -0.2) is 0 Å². The summed E-state index contributed by atoms with van der Waals surface area (Å²) in [6.45, 7) is 5.07. The van der Waals surface area contributed by atoms with Crippen LogP contribution in [0.25, 0.3) is 16.5 Å². The van der Waals surface area contributed by atoms with Gasteiger partial charge in [0.05, 0.1) is 30.4 Å². The molecule has 1 aliphatic rings. The number of aromatic nitrogens is 3. The number of thiazole rings is 1. The van der Waals surface area contributed by atoms with Crippen molar-refractivity contribution in [2.24, 2.45) is 0 Å². The molecule has 0 radical (unpaired) electrons. The SMILES string of the molecule is Cc1cccc([C@H](c2sc3nc(-c4ccco4)nn3c2O)N2CCOCC2)c1. The molecule has 1 atom stereocenters. The molecule has 4 heterocycles. The Kier molecular flexibility index (Phi) is 4.38. The molecule has 1 aromatic carbocycles. The summed E-state index contributed by atoms with van der Waals surface area (Å²) in [5.74, 6) is 1.18. The molecule has 1 saturated heterocycles. The number of morpholine rings is 1. The highest BCUT2D eigenvalue weighted by molar-refractivity contribution is 7.17. The van der Waals surface area contributed by atoms with E-state index in [1.807, 2.05) is 0 Å². The lowest BCUT2D eigenvalue weighted by Crippen LogP contribution is -2.39. The lowest BCUT2D eigenvalue weighted by Gasteiger charge is -2.34. The topological polar surface area (TPSA) is 76.0 Å². The summed E-state index contributed by atoms with van der Waals surface area (Å²) in [5, 5.41) is 15.5. The lowest BCUT2D eigenvalue weighted by molar-refractivity contribution is 0.0241. The zero-order valence-electron chi connectivity index (χ0n) is 15.4. The van der Waals surface area contributed by atoms with Crippen LogP contribution in [0.1, 0.15) is 22.0 Å². The Morgan fingerprint density at radius 2 is 2.04 bits per heavy atom. The van der Waals surface area contributed by atoms with Gasteiger partial charge >= 0.3 is 0 Å². The third-order valence-corrected chi connectivity index (χ3v) is 6.03. The van der Waals surface area contributed by atoms with Crippen LogP contribution in [0.15, 0.2) is 47.1 Å². The predicted octanol–water partition coefficient (Wildman–Crippen LogP) is 3.49.